The van der Waals surface area contributed by atoms with Gasteiger partial charge in [0, 0.05) is 13.1 Å². The summed E-state index contributed by atoms with van der Waals surface area (Å²) < 4.78 is 5.67. The maximum absolute atomic E-state index is 12.4. The molecule has 1 heterocycles. The first-order valence-corrected chi connectivity index (χ1v) is 7.11. The molecular weight excluding hydrogens is 250 g/mol. The minimum Gasteiger partial charge on any atom is -0.459 e. The smallest absolute Gasteiger partial charge is 0.339 e. The molecule has 1 aliphatic rings. The van der Waals surface area contributed by atoms with Crippen molar-refractivity contribution in [1.82, 2.24) is 4.90 Å². The van der Waals surface area contributed by atoms with Gasteiger partial charge in [-0.25, -0.2) is 4.79 Å². The lowest BCUT2D eigenvalue weighted by atomic mass is 10.0. The number of hydrogen-bond acceptors (Lipinski definition) is 3. The van der Waals surface area contributed by atoms with Crippen LogP contribution in [-0.2, 0) is 4.74 Å². The molecule has 2 aromatic carbocycles. The summed E-state index contributed by atoms with van der Waals surface area (Å²) in [5.74, 6) is -0.198. The van der Waals surface area contributed by atoms with E-state index < -0.39 is 0 Å². The summed E-state index contributed by atoms with van der Waals surface area (Å²) in [6.45, 7) is 1.99. The first-order valence-electron chi connectivity index (χ1n) is 7.11. The number of carbonyl (C=O) groups is 1. The number of nitrogens with zero attached hydrogens (tertiary/aromatic N) is 1. The summed E-state index contributed by atoms with van der Waals surface area (Å²) in [6, 6.07) is 13.7. The summed E-state index contributed by atoms with van der Waals surface area (Å²) in [5.41, 5.74) is 0.669. The van der Waals surface area contributed by atoms with Crippen LogP contribution in [0, 0.1) is 0 Å². The van der Waals surface area contributed by atoms with E-state index in [1.54, 1.807) is 0 Å². The highest BCUT2D eigenvalue weighted by molar-refractivity contribution is 6.04. The molecule has 0 saturated carbocycles. The van der Waals surface area contributed by atoms with Crippen LogP contribution in [0.3, 0.4) is 0 Å². The predicted molar refractivity (Wildman–Crippen MR) is 79.9 cm³/mol. The van der Waals surface area contributed by atoms with Crippen LogP contribution in [0.4, 0.5) is 0 Å². The molecule has 20 heavy (non-hydrogen) atoms. The Bertz CT molecular complexity index is 610. The van der Waals surface area contributed by atoms with Crippen molar-refractivity contribution in [3.8, 4) is 0 Å². The number of fused-ring (bicyclic) bond motifs is 1. The molecule has 0 unspecified atom stereocenters. The summed E-state index contributed by atoms with van der Waals surface area (Å²) >= 11 is 0. The number of hydrogen-bond donors (Lipinski definition) is 0. The number of rotatable bonds is 2. The Labute approximate surface area is 119 Å². The number of esters is 1. The molecule has 3 nitrogen and oxygen atoms in total. The van der Waals surface area contributed by atoms with Gasteiger partial charge in [-0.1, -0.05) is 36.4 Å². The average molecular weight is 269 g/mol. The highest BCUT2D eigenvalue weighted by atomic mass is 16.5. The first kappa shape index (κ1) is 13.1. The van der Waals surface area contributed by atoms with Gasteiger partial charge >= 0.3 is 5.97 Å². The van der Waals surface area contributed by atoms with Gasteiger partial charge in [0.1, 0.15) is 6.10 Å². The SMILES string of the molecule is CN1CCC(OC(=O)c2cccc3ccccc23)CC1. The van der Waals surface area contributed by atoms with Gasteiger partial charge in [0.2, 0.25) is 0 Å². The lowest BCUT2D eigenvalue weighted by molar-refractivity contribution is 0.0141. The standard InChI is InChI=1S/C17H19NO2/c1-18-11-9-14(10-12-18)20-17(19)16-8-4-6-13-5-2-3-7-15(13)16/h2-8,14H,9-12H2,1H3. The zero-order chi connectivity index (χ0) is 13.9. The van der Waals surface area contributed by atoms with E-state index in [0.717, 1.165) is 36.7 Å². The van der Waals surface area contributed by atoms with Gasteiger partial charge in [-0.3, -0.25) is 0 Å². The lowest BCUT2D eigenvalue weighted by Gasteiger charge is -2.28. The van der Waals surface area contributed by atoms with Crippen molar-refractivity contribution in [1.29, 1.82) is 0 Å². The lowest BCUT2D eigenvalue weighted by Crippen LogP contribution is -2.35. The van der Waals surface area contributed by atoms with Gasteiger partial charge in [-0.2, -0.15) is 0 Å². The van der Waals surface area contributed by atoms with E-state index in [4.69, 9.17) is 4.74 Å². The number of carbonyl (C=O) groups excluding carboxylic acids is 1. The van der Waals surface area contributed by atoms with E-state index in [1.165, 1.54) is 0 Å². The van der Waals surface area contributed by atoms with Gasteiger partial charge < -0.3 is 9.64 Å². The van der Waals surface area contributed by atoms with Crippen LogP contribution >= 0.6 is 0 Å². The van der Waals surface area contributed by atoms with Crippen molar-refractivity contribution in [2.45, 2.75) is 18.9 Å². The molecule has 2 aromatic rings. The molecule has 1 aliphatic heterocycles. The molecule has 3 heteroatoms. The Hall–Kier alpha value is -1.87. The fraction of sp³-hybridized carbons (Fsp3) is 0.353. The highest BCUT2D eigenvalue weighted by Crippen LogP contribution is 2.21. The number of piperidine rings is 1. The Morgan fingerprint density at radius 1 is 1.10 bits per heavy atom. The minimum absolute atomic E-state index is 0.0534. The second kappa shape index (κ2) is 5.63. The summed E-state index contributed by atoms with van der Waals surface area (Å²) in [5, 5.41) is 2.04. The molecule has 0 aliphatic carbocycles. The third-order valence-corrected chi connectivity index (χ3v) is 3.95. The van der Waals surface area contributed by atoms with Gasteiger partial charge in [0.15, 0.2) is 0 Å². The molecule has 0 radical (unpaired) electrons. The third-order valence-electron chi connectivity index (χ3n) is 3.95. The number of ether oxygens (including phenoxy) is 1. The van der Waals surface area contributed by atoms with Crippen LogP contribution < -0.4 is 0 Å². The predicted octanol–water partition coefficient (Wildman–Crippen LogP) is 3.09. The Balaban J connectivity index is 1.79. The summed E-state index contributed by atoms with van der Waals surface area (Å²) in [4.78, 5) is 14.6. The summed E-state index contributed by atoms with van der Waals surface area (Å²) in [6.07, 6.45) is 1.90. The second-order valence-corrected chi connectivity index (χ2v) is 5.43. The van der Waals surface area contributed by atoms with Crippen molar-refractivity contribution in [2.75, 3.05) is 20.1 Å². The third kappa shape index (κ3) is 2.68. The van der Waals surface area contributed by atoms with Crippen LogP contribution in [0.25, 0.3) is 10.8 Å². The van der Waals surface area contributed by atoms with Crippen LogP contribution in [0.15, 0.2) is 42.5 Å². The molecule has 3 rings (SSSR count). The Morgan fingerprint density at radius 3 is 2.60 bits per heavy atom. The van der Waals surface area contributed by atoms with Crippen LogP contribution in [0.5, 0.6) is 0 Å². The molecule has 0 aromatic heterocycles. The minimum atomic E-state index is -0.198. The van der Waals surface area contributed by atoms with Crippen LogP contribution in [0.2, 0.25) is 0 Å². The van der Waals surface area contributed by atoms with Gasteiger partial charge in [0.25, 0.3) is 0 Å². The molecule has 1 saturated heterocycles. The van der Waals surface area contributed by atoms with E-state index >= 15 is 0 Å². The summed E-state index contributed by atoms with van der Waals surface area (Å²) in [7, 11) is 2.10. The van der Waals surface area contributed by atoms with E-state index in [1.807, 2.05) is 42.5 Å². The van der Waals surface area contributed by atoms with E-state index in [2.05, 4.69) is 11.9 Å². The molecule has 104 valence electrons. The normalized spacial score (nSPS) is 17.2. The fourth-order valence-corrected chi connectivity index (χ4v) is 2.72. The zero-order valence-electron chi connectivity index (χ0n) is 11.7. The van der Waals surface area contributed by atoms with E-state index in [9.17, 15) is 4.79 Å². The molecule has 0 bridgehead atoms. The van der Waals surface area contributed by atoms with Crippen LogP contribution in [-0.4, -0.2) is 37.1 Å². The van der Waals surface area contributed by atoms with Crippen molar-refractivity contribution in [3.63, 3.8) is 0 Å². The monoisotopic (exact) mass is 269 g/mol. The maximum Gasteiger partial charge on any atom is 0.339 e. The van der Waals surface area contributed by atoms with Gasteiger partial charge in [-0.15, -0.1) is 0 Å². The second-order valence-electron chi connectivity index (χ2n) is 5.43. The maximum atomic E-state index is 12.4. The quantitative estimate of drug-likeness (QED) is 0.785. The molecule has 1 fully saturated rings. The zero-order valence-corrected chi connectivity index (χ0v) is 11.7. The molecular formula is C17H19NO2. The molecule has 0 amide bonds. The van der Waals surface area contributed by atoms with E-state index in [-0.39, 0.29) is 12.1 Å². The largest absolute Gasteiger partial charge is 0.459 e. The van der Waals surface area contributed by atoms with Crippen LogP contribution in [0.1, 0.15) is 23.2 Å². The molecule has 0 atom stereocenters. The number of benzene rings is 2. The topological polar surface area (TPSA) is 29.5 Å². The molecule has 0 spiro atoms. The average Bonchev–Trinajstić information content (AvgIpc) is 2.49. The van der Waals surface area contributed by atoms with Crippen molar-refractivity contribution in [2.24, 2.45) is 0 Å². The Kier molecular flexibility index (Phi) is 3.70. The first-order chi connectivity index (χ1) is 9.74. The molecule has 0 N–H and O–H groups in total. The van der Waals surface area contributed by atoms with Gasteiger partial charge in [-0.05, 0) is 36.7 Å². The van der Waals surface area contributed by atoms with Crippen molar-refractivity contribution < 1.29 is 9.53 Å². The fourth-order valence-electron chi connectivity index (χ4n) is 2.72. The van der Waals surface area contributed by atoms with Gasteiger partial charge in [0.05, 0.1) is 5.56 Å². The Morgan fingerprint density at radius 2 is 1.80 bits per heavy atom. The van der Waals surface area contributed by atoms with Crippen molar-refractivity contribution in [3.05, 3.63) is 48.0 Å². The number of likely N-dealkylation sites (tertiary alicyclic amines) is 1. The van der Waals surface area contributed by atoms with Crippen molar-refractivity contribution >= 4 is 16.7 Å². The highest BCUT2D eigenvalue weighted by Gasteiger charge is 2.21. The van der Waals surface area contributed by atoms with E-state index in [0.29, 0.717) is 5.56 Å².